The van der Waals surface area contributed by atoms with Gasteiger partial charge in [-0.1, -0.05) is 223 Å². The van der Waals surface area contributed by atoms with Gasteiger partial charge >= 0.3 is 0 Å². The van der Waals surface area contributed by atoms with E-state index < -0.39 is 8.07 Å². The van der Waals surface area contributed by atoms with E-state index in [9.17, 15) is 0 Å². The fraction of sp³-hybridized carbons (Fsp3) is 0.143. The van der Waals surface area contributed by atoms with Gasteiger partial charge < -0.3 is 9.47 Å². The summed E-state index contributed by atoms with van der Waals surface area (Å²) >= 11 is 1.95. The van der Waals surface area contributed by atoms with Gasteiger partial charge in [0.25, 0.3) is 0 Å². The van der Waals surface area contributed by atoms with Crippen molar-refractivity contribution in [1.29, 1.82) is 0 Å². The van der Waals surface area contributed by atoms with E-state index in [1.165, 1.54) is 136 Å². The van der Waals surface area contributed by atoms with Crippen LogP contribution < -0.4 is 42.0 Å². The molecule has 0 unspecified atom stereocenters. The number of fused-ring (bicyclic) bond motifs is 10. The molecule has 0 spiro atoms. The van der Waals surface area contributed by atoms with Crippen molar-refractivity contribution in [3.63, 3.8) is 0 Å². The molecule has 75 heavy (non-hydrogen) atoms. The molecule has 0 fully saturated rings. The Kier molecular flexibility index (Phi) is 10.3. The van der Waals surface area contributed by atoms with Crippen LogP contribution in [0.2, 0.25) is 0 Å². The van der Waals surface area contributed by atoms with Crippen molar-refractivity contribution in [2.24, 2.45) is 0 Å². The zero-order valence-electron chi connectivity index (χ0n) is 44.1. The number of para-hydroxylation sites is 1. The Balaban J connectivity index is 1.11. The molecule has 0 bridgehead atoms. The first-order chi connectivity index (χ1) is 36.3. The second-order valence-electron chi connectivity index (χ2n) is 23.4. The van der Waals surface area contributed by atoms with Crippen molar-refractivity contribution >= 4 is 103 Å². The largest absolute Gasteiger partial charge is 0.311 e. The summed E-state index contributed by atoms with van der Waals surface area (Å²) in [5.41, 5.74) is 21.9. The molecule has 0 N–H and O–H groups in total. The highest BCUT2D eigenvalue weighted by atomic mass is 32.2. The van der Waals surface area contributed by atoms with E-state index in [0.717, 1.165) is 0 Å². The molecule has 0 atom stereocenters. The maximum absolute atomic E-state index is 2.84. The highest BCUT2D eigenvalue weighted by Gasteiger charge is 2.51. The number of aryl methyl sites for hydroxylation is 2. The molecule has 0 saturated heterocycles. The SMILES string of the molecule is Cc1cccc(C)c1N1c2cc3c(cc2B2c4ccc(-c5ccccc5)cc4Sc4cc(-n5c6ccc(C(C)(C)C)cc6c6cc(C(C)(C)C)ccc65)cc1c42)[Si](c1ccccc1)(c1ccccc1)c1ccccc1-3. The maximum Gasteiger partial charge on any atom is 0.249 e. The summed E-state index contributed by atoms with van der Waals surface area (Å²) in [6.45, 7) is 18.6. The van der Waals surface area contributed by atoms with Crippen LogP contribution in [-0.2, 0) is 10.8 Å². The lowest BCUT2D eigenvalue weighted by Crippen LogP contribution is -2.73. The lowest BCUT2D eigenvalue weighted by atomic mass is 9.34. The van der Waals surface area contributed by atoms with Crippen LogP contribution in [0.1, 0.15) is 63.8 Å². The minimum absolute atomic E-state index is 0.00220. The fourth-order valence-electron chi connectivity index (χ4n) is 13.2. The normalized spacial score (nSPS) is 14.1. The Labute approximate surface area is 447 Å². The van der Waals surface area contributed by atoms with Crippen molar-refractivity contribution in [1.82, 2.24) is 4.57 Å². The van der Waals surface area contributed by atoms with E-state index in [2.05, 4.69) is 277 Å². The van der Waals surface area contributed by atoms with E-state index in [0.29, 0.717) is 0 Å². The third kappa shape index (κ3) is 6.87. The molecule has 4 heterocycles. The predicted molar refractivity (Wildman–Crippen MR) is 326 cm³/mol. The standard InChI is InChI=1S/C70H59BN2SSi/c1-44-21-20-22-45(2)68(44)73-61-42-56-53-29-18-19-30-65(53)75(51-25-14-10-15-26-51,52-27-16-11-17-28-52)66(56)43-58(61)71-57-34-31-47(46-23-12-9-13-24-46)37-63(57)74-64-41-50(40-62(73)67(64)71)72-59-35-32-48(69(3,4)5)38-54(59)55-39-49(70(6,7)8)33-36-60(55)72/h9-43H,1-8H3. The summed E-state index contributed by atoms with van der Waals surface area (Å²) in [5.74, 6) is 0. The quantitative estimate of drug-likeness (QED) is 0.159. The monoisotopic (exact) mass is 998 g/mol. The van der Waals surface area contributed by atoms with Gasteiger partial charge in [0.2, 0.25) is 6.71 Å². The molecule has 362 valence electrons. The van der Waals surface area contributed by atoms with Crippen LogP contribution in [0.5, 0.6) is 0 Å². The van der Waals surface area contributed by atoms with Crippen molar-refractivity contribution < 1.29 is 0 Å². The molecule has 0 aliphatic carbocycles. The van der Waals surface area contributed by atoms with Gasteiger partial charge in [0.05, 0.1) is 16.7 Å². The van der Waals surface area contributed by atoms with Gasteiger partial charge in [-0.05, 0) is 149 Å². The number of hydrogen-bond acceptors (Lipinski definition) is 2. The van der Waals surface area contributed by atoms with Crippen LogP contribution >= 0.6 is 11.8 Å². The van der Waals surface area contributed by atoms with Crippen molar-refractivity contribution in [2.75, 3.05) is 4.90 Å². The first kappa shape index (κ1) is 46.0. The van der Waals surface area contributed by atoms with Crippen LogP contribution in [-0.4, -0.2) is 19.4 Å². The summed E-state index contributed by atoms with van der Waals surface area (Å²) in [6.07, 6.45) is 0. The Hall–Kier alpha value is -7.57. The molecular formula is C70H59BN2SSi. The lowest BCUT2D eigenvalue weighted by molar-refractivity contribution is 0.590. The zero-order chi connectivity index (χ0) is 51.1. The second kappa shape index (κ2) is 16.7. The first-order valence-electron chi connectivity index (χ1n) is 26.7. The summed E-state index contributed by atoms with van der Waals surface area (Å²) in [5, 5.41) is 8.36. The highest BCUT2D eigenvalue weighted by molar-refractivity contribution is 8.00. The summed E-state index contributed by atoms with van der Waals surface area (Å²) in [4.78, 5) is 5.30. The molecule has 2 nitrogen and oxygen atoms in total. The Bertz CT molecular complexity index is 4010. The van der Waals surface area contributed by atoms with Gasteiger partial charge in [0, 0.05) is 37.6 Å². The van der Waals surface area contributed by atoms with Gasteiger partial charge in [0.15, 0.2) is 8.07 Å². The van der Waals surface area contributed by atoms with Gasteiger partial charge in [-0.3, -0.25) is 0 Å². The highest BCUT2D eigenvalue weighted by Crippen LogP contribution is 2.48. The number of aromatic nitrogens is 1. The maximum atomic E-state index is 2.71. The number of benzene rings is 10. The summed E-state index contributed by atoms with van der Waals surface area (Å²) < 4.78 is 2.57. The van der Waals surface area contributed by atoms with E-state index in [4.69, 9.17) is 0 Å². The Morgan fingerprint density at radius 3 is 1.64 bits per heavy atom. The molecule has 14 rings (SSSR count). The second-order valence-corrected chi connectivity index (χ2v) is 28.2. The lowest BCUT2D eigenvalue weighted by Gasteiger charge is -2.42. The van der Waals surface area contributed by atoms with Crippen LogP contribution in [0.4, 0.5) is 17.1 Å². The van der Waals surface area contributed by atoms with Crippen LogP contribution in [0, 0.1) is 13.8 Å². The third-order valence-corrected chi connectivity index (χ3v) is 22.9. The molecule has 3 aliphatic rings. The summed E-state index contributed by atoms with van der Waals surface area (Å²) in [6, 6.07) is 82.2. The van der Waals surface area contributed by atoms with Crippen LogP contribution in [0.25, 0.3) is 49.7 Å². The van der Waals surface area contributed by atoms with Gasteiger partial charge in [-0.15, -0.1) is 0 Å². The first-order valence-corrected chi connectivity index (χ1v) is 29.5. The summed E-state index contributed by atoms with van der Waals surface area (Å²) in [7, 11) is -2.84. The van der Waals surface area contributed by atoms with E-state index >= 15 is 0 Å². The molecule has 0 saturated carbocycles. The zero-order valence-corrected chi connectivity index (χ0v) is 45.9. The van der Waals surface area contributed by atoms with E-state index in [1.807, 2.05) is 11.8 Å². The number of anilines is 3. The molecule has 1 aromatic heterocycles. The molecule has 0 amide bonds. The molecular weight excluding hydrogens is 940 g/mol. The predicted octanol–water partition coefficient (Wildman–Crippen LogP) is 13.8. The Morgan fingerprint density at radius 2 is 1.03 bits per heavy atom. The molecule has 11 aromatic rings. The van der Waals surface area contributed by atoms with E-state index in [1.54, 1.807) is 0 Å². The van der Waals surface area contributed by atoms with Crippen molar-refractivity contribution in [3.05, 3.63) is 235 Å². The minimum Gasteiger partial charge on any atom is -0.311 e. The smallest absolute Gasteiger partial charge is 0.249 e. The average Bonchev–Trinajstić information content (AvgIpc) is 3.91. The number of nitrogens with zero attached hydrogens (tertiary/aromatic N) is 2. The van der Waals surface area contributed by atoms with Gasteiger partial charge in [-0.2, -0.15) is 0 Å². The van der Waals surface area contributed by atoms with Crippen molar-refractivity contribution in [3.8, 4) is 27.9 Å². The molecule has 10 aromatic carbocycles. The number of hydrogen-bond donors (Lipinski definition) is 0. The van der Waals surface area contributed by atoms with E-state index in [-0.39, 0.29) is 17.5 Å². The van der Waals surface area contributed by atoms with Crippen LogP contribution in [0.15, 0.2) is 222 Å². The molecule has 5 heteroatoms. The fourth-order valence-corrected chi connectivity index (χ4v) is 19.7. The number of rotatable bonds is 5. The molecule has 0 radical (unpaired) electrons. The average molecular weight is 999 g/mol. The van der Waals surface area contributed by atoms with Crippen LogP contribution in [0.3, 0.4) is 0 Å². The minimum atomic E-state index is -2.84. The van der Waals surface area contributed by atoms with Crippen molar-refractivity contribution in [2.45, 2.75) is 76.0 Å². The van der Waals surface area contributed by atoms with Gasteiger partial charge in [0.1, 0.15) is 0 Å². The Morgan fingerprint density at radius 1 is 0.440 bits per heavy atom. The molecule has 3 aliphatic heterocycles. The third-order valence-electron chi connectivity index (χ3n) is 16.9. The van der Waals surface area contributed by atoms with Gasteiger partial charge in [-0.25, -0.2) is 0 Å². The topological polar surface area (TPSA) is 8.17 Å².